The fraction of sp³-hybridized carbons (Fsp3) is 0.459. The van der Waals surface area contributed by atoms with Crippen molar-refractivity contribution in [3.8, 4) is 23.0 Å². The molecule has 2 saturated heterocycles. The van der Waals surface area contributed by atoms with Crippen LogP contribution in [0.15, 0.2) is 188 Å². The number of benzene rings is 4. The van der Waals surface area contributed by atoms with Gasteiger partial charge in [-0.05, 0) is 0 Å². The summed E-state index contributed by atoms with van der Waals surface area (Å²) in [5.74, 6) is 4.66. The van der Waals surface area contributed by atoms with Crippen LogP contribution >= 0.6 is 17.0 Å². The summed E-state index contributed by atoms with van der Waals surface area (Å²) in [6.07, 6.45) is 29.3. The number of ether oxygens (including phenoxy) is 4. The molecular formula is C74H88Cl2O4Si2Zr. The van der Waals surface area contributed by atoms with Gasteiger partial charge in [0, 0.05) is 0 Å². The second-order valence-electron chi connectivity index (χ2n) is 27.6. The molecule has 14 rings (SSSR count). The monoisotopic (exact) mass is 1260 g/mol. The van der Waals surface area contributed by atoms with E-state index >= 15 is 0 Å². The summed E-state index contributed by atoms with van der Waals surface area (Å²) in [5, 5.41) is 0. The molecule has 0 bridgehead atoms. The van der Waals surface area contributed by atoms with Gasteiger partial charge in [-0.3, -0.25) is 0 Å². The maximum atomic E-state index is 11.5. The molecule has 5 spiro atoms. The van der Waals surface area contributed by atoms with Crippen molar-refractivity contribution in [1.29, 1.82) is 0 Å². The van der Waals surface area contributed by atoms with Crippen molar-refractivity contribution in [1.82, 2.24) is 0 Å². The fourth-order valence-electron chi connectivity index (χ4n) is 24.0. The third-order valence-electron chi connectivity index (χ3n) is 25.7. The van der Waals surface area contributed by atoms with Gasteiger partial charge in [0.1, 0.15) is 0 Å². The molecule has 9 heteroatoms. The summed E-state index contributed by atoms with van der Waals surface area (Å²) in [5.41, 5.74) is 24.9. The van der Waals surface area contributed by atoms with Crippen molar-refractivity contribution in [3.05, 3.63) is 210 Å². The van der Waals surface area contributed by atoms with Crippen LogP contribution in [0.25, 0.3) is 0 Å². The van der Waals surface area contributed by atoms with Gasteiger partial charge in [-0.1, -0.05) is 0 Å². The van der Waals surface area contributed by atoms with E-state index in [2.05, 4.69) is 162 Å². The van der Waals surface area contributed by atoms with Gasteiger partial charge in [0.2, 0.25) is 0 Å². The first-order chi connectivity index (χ1) is 40.1. The molecule has 8 aliphatic carbocycles. The molecular weight excluding hydrogens is 1170 g/mol. The van der Waals surface area contributed by atoms with Crippen LogP contribution < -0.4 is 18.9 Å². The molecule has 2 aliphatic heterocycles. The number of hydrogen-bond acceptors (Lipinski definition) is 4. The SMILES string of the molecule is COc1ccc(C2CCCCC3=C2C=C(C)[C]32[SiH](C)[C]3(C(C)=CC4=C3CCCCC4c3ccc(OC)cc3)[Zr]23([Cl])([Cl])[C]2(C(C)=CC4=C2CCCCC4c2ccc(OC)cc2)[SiH](C)[C]32C(C)=CC3=C2CCCCC3c2ccc(OC)cc2)cc1. The van der Waals surface area contributed by atoms with Crippen LogP contribution in [0.4, 0.5) is 0 Å². The number of methoxy groups -OCH3 is 4. The summed E-state index contributed by atoms with van der Waals surface area (Å²) >= 11 is -7.25. The van der Waals surface area contributed by atoms with Gasteiger partial charge < -0.3 is 0 Å². The van der Waals surface area contributed by atoms with Gasteiger partial charge in [0.15, 0.2) is 0 Å². The molecule has 434 valence electrons. The summed E-state index contributed by atoms with van der Waals surface area (Å²) in [6, 6.07) is 36.7. The van der Waals surface area contributed by atoms with Crippen molar-refractivity contribution < 1.29 is 33.9 Å². The van der Waals surface area contributed by atoms with E-state index in [4.69, 9.17) is 18.9 Å². The molecule has 0 radical (unpaired) electrons. The number of allylic oxidation sites excluding steroid dienone is 16. The maximum absolute atomic E-state index is 11.5. The summed E-state index contributed by atoms with van der Waals surface area (Å²) in [7, 11) is 25.6. The van der Waals surface area contributed by atoms with Crippen LogP contribution in [0.3, 0.4) is 0 Å². The minimum atomic E-state index is -7.25. The number of rotatable bonds is 8. The van der Waals surface area contributed by atoms with E-state index in [0.717, 1.165) is 100 Å². The fourth-order valence-corrected chi connectivity index (χ4v) is 150. The zero-order chi connectivity index (χ0) is 57.7. The Balaban J connectivity index is 1.17. The van der Waals surface area contributed by atoms with Gasteiger partial charge in [-0.2, -0.15) is 0 Å². The first kappa shape index (κ1) is 56.7. The Labute approximate surface area is 504 Å². The van der Waals surface area contributed by atoms with Gasteiger partial charge in [0.25, 0.3) is 0 Å². The van der Waals surface area contributed by atoms with E-state index in [1.807, 2.05) is 0 Å². The van der Waals surface area contributed by atoms with Crippen molar-refractivity contribution in [2.75, 3.05) is 28.4 Å². The summed E-state index contributed by atoms with van der Waals surface area (Å²) in [6.45, 7) is 16.3. The third kappa shape index (κ3) is 6.25. The van der Waals surface area contributed by atoms with Gasteiger partial charge >= 0.3 is 509 Å². The Bertz CT molecular complexity index is 3180. The van der Waals surface area contributed by atoms with E-state index in [0.29, 0.717) is 0 Å². The zero-order valence-electron chi connectivity index (χ0n) is 51.2. The van der Waals surface area contributed by atoms with E-state index in [1.165, 1.54) is 47.9 Å². The number of fused-ring (bicyclic) bond motifs is 8. The van der Waals surface area contributed by atoms with Crippen molar-refractivity contribution in [2.24, 2.45) is 0 Å². The molecule has 0 amide bonds. The average molecular weight is 1260 g/mol. The average Bonchev–Trinajstić information content (AvgIpc) is 1.53. The van der Waals surface area contributed by atoms with E-state index in [1.54, 1.807) is 95.3 Å². The molecule has 4 aromatic rings. The molecule has 0 aromatic heterocycles. The van der Waals surface area contributed by atoms with E-state index in [-0.39, 0.29) is 23.7 Å². The Morgan fingerprint density at radius 1 is 0.349 bits per heavy atom. The van der Waals surface area contributed by atoms with Gasteiger partial charge in [0.05, 0.1) is 0 Å². The molecule has 83 heavy (non-hydrogen) atoms. The quantitative estimate of drug-likeness (QED) is 0.165. The molecule has 8 unspecified atom stereocenters. The molecule has 10 aliphatic rings. The predicted molar refractivity (Wildman–Crippen MR) is 348 cm³/mol. The van der Waals surface area contributed by atoms with E-state index < -0.39 is 43.5 Å². The molecule has 2 fully saturated rings. The summed E-state index contributed by atoms with van der Waals surface area (Å²) < 4.78 is 21.6. The van der Waals surface area contributed by atoms with Gasteiger partial charge in [-0.25, -0.2) is 0 Å². The first-order valence-electron chi connectivity index (χ1n) is 32.1. The van der Waals surface area contributed by atoms with Crippen LogP contribution in [-0.4, -0.2) is 46.0 Å². The Hall–Kier alpha value is -4.10. The van der Waals surface area contributed by atoms with Gasteiger partial charge in [-0.15, -0.1) is 0 Å². The zero-order valence-corrected chi connectivity index (χ0v) is 57.5. The molecule has 4 nitrogen and oxygen atoms in total. The van der Waals surface area contributed by atoms with Crippen LogP contribution in [-0.2, 0) is 14.9 Å². The number of halogens is 2. The second kappa shape index (κ2) is 19.7. The molecule has 0 N–H and O–H groups in total. The van der Waals surface area contributed by atoms with Crippen molar-refractivity contribution in [2.45, 2.75) is 178 Å². The predicted octanol–water partition coefficient (Wildman–Crippen LogP) is 20.5. The van der Waals surface area contributed by atoms with E-state index in [9.17, 15) is 17.0 Å². The van der Waals surface area contributed by atoms with Crippen LogP contribution in [0.2, 0.25) is 24.1 Å². The third-order valence-corrected chi connectivity index (χ3v) is 111. The Morgan fingerprint density at radius 3 is 0.747 bits per heavy atom. The number of hydrogen-bond donors (Lipinski definition) is 0. The second-order valence-corrected chi connectivity index (χ2v) is 67.4. The normalized spacial score (nSPS) is 35.2. The van der Waals surface area contributed by atoms with Crippen LogP contribution in [0.1, 0.15) is 176 Å². The van der Waals surface area contributed by atoms with Crippen molar-refractivity contribution >= 4 is 34.6 Å². The molecule has 8 atom stereocenters. The topological polar surface area (TPSA) is 36.9 Å². The minimum absolute atomic E-state index is 0.252. The molecule has 0 saturated carbocycles. The molecule has 4 aromatic carbocycles. The summed E-state index contributed by atoms with van der Waals surface area (Å²) in [4.78, 5) is 0. The standard InChI is InChI=1S/2C37H44O2Si.2ClH.Zr/c2*1-24-22-34-30(26-14-18-28(38-3)19-15-26)10-6-8-12-32(34)36(24)40(5)37-25(2)23-35-31(11-7-9-13-33(35)37)27-16-20-29(39-4)21-17-27;;;/h2*14-23,30-31,40H,6-13H2,1-5H3;2*1H;/q;;;;+2/p-2. The Kier molecular flexibility index (Phi) is 13.5. The Morgan fingerprint density at radius 2 is 0.554 bits per heavy atom. The van der Waals surface area contributed by atoms with Crippen molar-refractivity contribution in [3.63, 3.8) is 0 Å². The van der Waals surface area contributed by atoms with Crippen LogP contribution in [0.5, 0.6) is 23.0 Å². The molecule has 2 heterocycles. The first-order valence-corrected chi connectivity index (χ1v) is 48.0. The van der Waals surface area contributed by atoms with Crippen LogP contribution in [0, 0.1) is 0 Å².